The summed E-state index contributed by atoms with van der Waals surface area (Å²) in [6, 6.07) is 17.2. The van der Waals surface area contributed by atoms with Gasteiger partial charge in [-0.05, 0) is 36.6 Å². The lowest BCUT2D eigenvalue weighted by Crippen LogP contribution is -2.45. The Morgan fingerprint density at radius 3 is 2.83 bits per heavy atom. The Hall–Kier alpha value is -2.04. The molecule has 2 aromatic rings. The Morgan fingerprint density at radius 1 is 1.21 bits per heavy atom. The van der Waals surface area contributed by atoms with Gasteiger partial charge in [0.2, 0.25) is 0 Å². The van der Waals surface area contributed by atoms with E-state index in [4.69, 9.17) is 16.3 Å². The van der Waals surface area contributed by atoms with E-state index in [2.05, 4.69) is 5.32 Å². The number of rotatable bonds is 4. The number of nitrogens with one attached hydrogen (secondary N) is 1. The van der Waals surface area contributed by atoms with E-state index in [1.165, 1.54) is 0 Å². The maximum absolute atomic E-state index is 12.4. The number of benzene rings is 2. The molecule has 1 aliphatic rings. The van der Waals surface area contributed by atoms with Crippen LogP contribution in [0.25, 0.3) is 0 Å². The van der Waals surface area contributed by atoms with Crippen LogP contribution in [0.5, 0.6) is 0 Å². The van der Waals surface area contributed by atoms with Crippen molar-refractivity contribution in [2.24, 2.45) is 0 Å². The molecule has 2 aromatic carbocycles. The predicted molar refractivity (Wildman–Crippen MR) is 96.3 cm³/mol. The van der Waals surface area contributed by atoms with Gasteiger partial charge in [-0.3, -0.25) is 0 Å². The monoisotopic (exact) mass is 344 g/mol. The van der Waals surface area contributed by atoms with E-state index in [0.717, 1.165) is 24.9 Å². The van der Waals surface area contributed by atoms with Crippen LogP contribution in [-0.4, -0.2) is 30.1 Å². The molecule has 1 saturated heterocycles. The van der Waals surface area contributed by atoms with E-state index in [-0.39, 0.29) is 12.1 Å². The van der Waals surface area contributed by atoms with Gasteiger partial charge in [-0.15, -0.1) is 0 Å². The zero-order chi connectivity index (χ0) is 16.8. The molecule has 1 atom stereocenters. The SMILES string of the molecule is O=C(Nc1cccc(Cl)c1)N1CCCC(OCc2ccccc2)C1. The number of carbonyl (C=O) groups excluding carboxylic acids is 1. The van der Waals surface area contributed by atoms with Crippen LogP contribution >= 0.6 is 11.6 Å². The van der Waals surface area contributed by atoms with Gasteiger partial charge < -0.3 is 15.0 Å². The number of carbonyl (C=O) groups is 1. The molecule has 0 bridgehead atoms. The average Bonchev–Trinajstić information content (AvgIpc) is 2.61. The number of hydrogen-bond acceptors (Lipinski definition) is 2. The quantitative estimate of drug-likeness (QED) is 0.883. The van der Waals surface area contributed by atoms with Gasteiger partial charge in [-0.2, -0.15) is 0 Å². The highest BCUT2D eigenvalue weighted by Gasteiger charge is 2.24. The summed E-state index contributed by atoms with van der Waals surface area (Å²) in [6.45, 7) is 1.94. The van der Waals surface area contributed by atoms with Crippen molar-refractivity contribution in [1.29, 1.82) is 0 Å². The fourth-order valence-electron chi connectivity index (χ4n) is 2.82. The van der Waals surface area contributed by atoms with Crippen molar-refractivity contribution in [2.45, 2.75) is 25.6 Å². The summed E-state index contributed by atoms with van der Waals surface area (Å²) in [7, 11) is 0. The van der Waals surface area contributed by atoms with Crippen LogP contribution in [0.4, 0.5) is 10.5 Å². The second-order valence-corrected chi connectivity index (χ2v) is 6.38. The molecular weight excluding hydrogens is 324 g/mol. The lowest BCUT2D eigenvalue weighted by atomic mass is 10.1. The van der Waals surface area contributed by atoms with E-state index in [1.54, 1.807) is 17.0 Å². The fraction of sp³-hybridized carbons (Fsp3) is 0.316. The topological polar surface area (TPSA) is 41.6 Å². The molecule has 3 rings (SSSR count). The Balaban J connectivity index is 1.52. The highest BCUT2D eigenvalue weighted by atomic mass is 35.5. The van der Waals surface area contributed by atoms with E-state index in [9.17, 15) is 4.79 Å². The summed E-state index contributed by atoms with van der Waals surface area (Å²) < 4.78 is 5.98. The number of nitrogens with zero attached hydrogens (tertiary/aromatic N) is 1. The number of likely N-dealkylation sites (tertiary alicyclic amines) is 1. The number of anilines is 1. The highest BCUT2D eigenvalue weighted by molar-refractivity contribution is 6.30. The first-order valence-corrected chi connectivity index (χ1v) is 8.55. The van der Waals surface area contributed by atoms with Gasteiger partial charge >= 0.3 is 6.03 Å². The number of hydrogen-bond donors (Lipinski definition) is 1. The lowest BCUT2D eigenvalue weighted by Gasteiger charge is -2.32. The van der Waals surface area contributed by atoms with Crippen LogP contribution in [0.2, 0.25) is 5.02 Å². The second-order valence-electron chi connectivity index (χ2n) is 5.95. The van der Waals surface area contributed by atoms with Gasteiger partial charge in [0, 0.05) is 23.8 Å². The molecule has 0 radical (unpaired) electrons. The lowest BCUT2D eigenvalue weighted by molar-refractivity contribution is 0.00102. The minimum atomic E-state index is -0.106. The molecule has 126 valence electrons. The third-order valence-corrected chi connectivity index (χ3v) is 4.30. The smallest absolute Gasteiger partial charge is 0.321 e. The maximum atomic E-state index is 12.4. The van der Waals surface area contributed by atoms with Gasteiger partial charge in [0.1, 0.15) is 0 Å². The predicted octanol–water partition coefficient (Wildman–Crippen LogP) is 4.55. The minimum absolute atomic E-state index is 0.0732. The maximum Gasteiger partial charge on any atom is 0.321 e. The molecule has 0 spiro atoms. The molecule has 1 fully saturated rings. The molecule has 0 saturated carbocycles. The second kappa shape index (κ2) is 8.18. The van der Waals surface area contributed by atoms with Crippen molar-refractivity contribution in [1.82, 2.24) is 4.90 Å². The van der Waals surface area contributed by atoms with Crippen LogP contribution in [0.1, 0.15) is 18.4 Å². The molecule has 1 heterocycles. The fourth-order valence-corrected chi connectivity index (χ4v) is 3.01. The van der Waals surface area contributed by atoms with Crippen LogP contribution < -0.4 is 5.32 Å². The Labute approximate surface area is 147 Å². The summed E-state index contributed by atoms with van der Waals surface area (Å²) in [5, 5.41) is 3.50. The number of ether oxygens (including phenoxy) is 1. The standard InChI is InChI=1S/C19H21ClN2O2/c20-16-8-4-9-17(12-16)21-19(23)22-11-5-10-18(13-22)24-14-15-6-2-1-3-7-15/h1-4,6-9,12,18H,5,10-11,13-14H2,(H,21,23). The minimum Gasteiger partial charge on any atom is -0.372 e. The normalized spacial score (nSPS) is 17.5. The number of piperidine rings is 1. The third-order valence-electron chi connectivity index (χ3n) is 4.07. The molecule has 2 amide bonds. The molecule has 1 aliphatic heterocycles. The van der Waals surface area contributed by atoms with Crippen LogP contribution in [0.3, 0.4) is 0 Å². The number of halogens is 1. The Morgan fingerprint density at radius 2 is 2.04 bits per heavy atom. The van der Waals surface area contributed by atoms with Crippen molar-refractivity contribution in [3.8, 4) is 0 Å². The molecule has 5 heteroatoms. The van der Waals surface area contributed by atoms with Crippen molar-refractivity contribution < 1.29 is 9.53 Å². The van der Waals surface area contributed by atoms with Crippen molar-refractivity contribution in [3.05, 3.63) is 65.2 Å². The van der Waals surface area contributed by atoms with Crippen molar-refractivity contribution in [3.63, 3.8) is 0 Å². The average molecular weight is 345 g/mol. The van der Waals surface area contributed by atoms with Gasteiger partial charge in [-0.25, -0.2) is 4.79 Å². The molecular formula is C19H21ClN2O2. The molecule has 0 aromatic heterocycles. The summed E-state index contributed by atoms with van der Waals surface area (Å²) in [6.07, 6.45) is 2.00. The molecule has 24 heavy (non-hydrogen) atoms. The molecule has 4 nitrogen and oxygen atoms in total. The van der Waals surface area contributed by atoms with Gasteiger partial charge in [0.25, 0.3) is 0 Å². The summed E-state index contributed by atoms with van der Waals surface area (Å²) in [4.78, 5) is 14.2. The first-order valence-electron chi connectivity index (χ1n) is 8.18. The zero-order valence-electron chi connectivity index (χ0n) is 13.5. The highest BCUT2D eigenvalue weighted by Crippen LogP contribution is 2.18. The van der Waals surface area contributed by atoms with E-state index in [0.29, 0.717) is 23.9 Å². The first-order chi connectivity index (χ1) is 11.7. The van der Waals surface area contributed by atoms with Gasteiger partial charge in [-0.1, -0.05) is 48.0 Å². The van der Waals surface area contributed by atoms with Crippen LogP contribution in [0.15, 0.2) is 54.6 Å². The summed E-state index contributed by atoms with van der Waals surface area (Å²) in [5.74, 6) is 0. The van der Waals surface area contributed by atoms with E-state index < -0.39 is 0 Å². The van der Waals surface area contributed by atoms with Crippen LogP contribution in [-0.2, 0) is 11.3 Å². The van der Waals surface area contributed by atoms with E-state index >= 15 is 0 Å². The third kappa shape index (κ3) is 4.73. The Kier molecular flexibility index (Phi) is 5.72. The first kappa shape index (κ1) is 16.8. The number of amides is 2. The Bertz CT molecular complexity index is 678. The molecule has 1 N–H and O–H groups in total. The van der Waals surface area contributed by atoms with Crippen molar-refractivity contribution in [2.75, 3.05) is 18.4 Å². The number of urea groups is 1. The van der Waals surface area contributed by atoms with Gasteiger partial charge in [0.05, 0.1) is 12.7 Å². The van der Waals surface area contributed by atoms with Crippen LogP contribution in [0, 0.1) is 0 Å². The van der Waals surface area contributed by atoms with Crippen molar-refractivity contribution >= 4 is 23.3 Å². The molecule has 0 aliphatic carbocycles. The largest absolute Gasteiger partial charge is 0.372 e. The van der Waals surface area contributed by atoms with E-state index in [1.807, 2.05) is 42.5 Å². The molecule has 1 unspecified atom stereocenters. The van der Waals surface area contributed by atoms with Gasteiger partial charge in [0.15, 0.2) is 0 Å². The summed E-state index contributed by atoms with van der Waals surface area (Å²) >= 11 is 5.95. The summed E-state index contributed by atoms with van der Waals surface area (Å²) in [5.41, 5.74) is 1.86. The zero-order valence-corrected chi connectivity index (χ0v) is 14.2.